The number of ether oxygens (including phenoxy) is 2. The van der Waals surface area contributed by atoms with Crippen LogP contribution >= 0.6 is 0 Å². The van der Waals surface area contributed by atoms with E-state index in [1.807, 2.05) is 48.5 Å². The summed E-state index contributed by atoms with van der Waals surface area (Å²) in [7, 11) is 1.55. The highest BCUT2D eigenvalue weighted by molar-refractivity contribution is 5.95. The summed E-state index contributed by atoms with van der Waals surface area (Å²) in [6, 6.07) is 22.3. The monoisotopic (exact) mass is 399 g/mol. The smallest absolute Gasteiger partial charge is 0.379 e. The normalized spacial score (nSPS) is 11.1. The van der Waals surface area contributed by atoms with Gasteiger partial charge in [-0.1, -0.05) is 47.6 Å². The van der Waals surface area contributed by atoms with Gasteiger partial charge in [-0.05, 0) is 29.8 Å². The van der Waals surface area contributed by atoms with Gasteiger partial charge in [0.1, 0.15) is 5.75 Å². The van der Waals surface area contributed by atoms with Crippen LogP contribution in [-0.2, 0) is 6.42 Å². The fraction of sp³-hybridized carbons (Fsp3) is 0.0833. The summed E-state index contributed by atoms with van der Waals surface area (Å²) in [6.07, 6.45) is 0.661. The van der Waals surface area contributed by atoms with Gasteiger partial charge in [-0.3, -0.25) is 0 Å². The Morgan fingerprint density at radius 1 is 1.00 bits per heavy atom. The van der Waals surface area contributed by atoms with E-state index >= 15 is 0 Å². The molecule has 0 radical (unpaired) electrons. The number of furan rings is 1. The van der Waals surface area contributed by atoms with Crippen molar-refractivity contribution in [3.8, 4) is 11.5 Å². The van der Waals surface area contributed by atoms with E-state index in [2.05, 4.69) is 5.16 Å². The van der Waals surface area contributed by atoms with Gasteiger partial charge in [0.2, 0.25) is 5.76 Å². The van der Waals surface area contributed by atoms with Gasteiger partial charge in [-0.15, -0.1) is 0 Å². The van der Waals surface area contributed by atoms with Crippen molar-refractivity contribution in [3.05, 3.63) is 89.8 Å². The average molecular weight is 399 g/mol. The Balaban J connectivity index is 1.38. The number of esters is 1. The zero-order valence-electron chi connectivity index (χ0n) is 16.1. The highest BCUT2D eigenvalue weighted by atomic mass is 16.5. The second-order valence-electron chi connectivity index (χ2n) is 6.83. The van der Waals surface area contributed by atoms with Crippen molar-refractivity contribution in [1.82, 2.24) is 5.16 Å². The Morgan fingerprint density at radius 2 is 1.87 bits per heavy atom. The number of fused-ring (bicyclic) bond motifs is 2. The van der Waals surface area contributed by atoms with Crippen LogP contribution in [-0.4, -0.2) is 18.2 Å². The fourth-order valence-corrected chi connectivity index (χ4v) is 3.41. The number of benzene rings is 3. The Labute approximate surface area is 171 Å². The lowest BCUT2D eigenvalue weighted by molar-refractivity contribution is 0.0704. The van der Waals surface area contributed by atoms with E-state index in [1.54, 1.807) is 31.4 Å². The zero-order valence-corrected chi connectivity index (χ0v) is 16.1. The number of hydrogen-bond acceptors (Lipinski definition) is 6. The molecule has 148 valence electrons. The predicted molar refractivity (Wildman–Crippen MR) is 111 cm³/mol. The first-order valence-electron chi connectivity index (χ1n) is 9.42. The lowest BCUT2D eigenvalue weighted by atomic mass is 10.1. The molecule has 2 heterocycles. The molecule has 2 aromatic heterocycles. The third-order valence-corrected chi connectivity index (χ3v) is 4.87. The molecule has 0 aliphatic heterocycles. The molecule has 0 aliphatic rings. The maximum Gasteiger partial charge on any atom is 0.379 e. The summed E-state index contributed by atoms with van der Waals surface area (Å²) < 4.78 is 21.8. The molecule has 0 saturated heterocycles. The Morgan fingerprint density at radius 3 is 2.70 bits per heavy atom. The van der Waals surface area contributed by atoms with Gasteiger partial charge in [0.05, 0.1) is 12.8 Å². The van der Waals surface area contributed by atoms with Crippen LogP contribution in [0.15, 0.2) is 81.7 Å². The molecule has 0 amide bonds. The summed E-state index contributed by atoms with van der Waals surface area (Å²) >= 11 is 0. The van der Waals surface area contributed by atoms with Crippen LogP contribution in [0.3, 0.4) is 0 Å². The van der Waals surface area contributed by atoms with Crippen LogP contribution in [0.1, 0.15) is 21.8 Å². The van der Waals surface area contributed by atoms with Crippen LogP contribution in [0.4, 0.5) is 0 Å². The SMILES string of the molecule is COc1cccc2cc(C(=O)Oc3ccc4c(Cc5ccccc5)noc4c3)oc12. The average Bonchev–Trinajstić information content (AvgIpc) is 3.38. The molecule has 5 rings (SSSR count). The summed E-state index contributed by atoms with van der Waals surface area (Å²) in [5, 5.41) is 5.81. The van der Waals surface area contributed by atoms with E-state index in [9.17, 15) is 4.79 Å². The van der Waals surface area contributed by atoms with Crippen molar-refractivity contribution >= 4 is 27.9 Å². The molecule has 0 saturated carbocycles. The number of aromatic nitrogens is 1. The second-order valence-corrected chi connectivity index (χ2v) is 6.83. The quantitative estimate of drug-likeness (QED) is 0.291. The highest BCUT2D eigenvalue weighted by Gasteiger charge is 2.18. The van der Waals surface area contributed by atoms with Crippen molar-refractivity contribution < 1.29 is 23.2 Å². The summed E-state index contributed by atoms with van der Waals surface area (Å²) in [5.74, 6) is 0.400. The van der Waals surface area contributed by atoms with Gasteiger partial charge < -0.3 is 18.4 Å². The molecule has 0 N–H and O–H groups in total. The molecule has 0 bridgehead atoms. The maximum absolute atomic E-state index is 12.6. The van der Waals surface area contributed by atoms with Gasteiger partial charge in [-0.25, -0.2) is 4.79 Å². The van der Waals surface area contributed by atoms with Crippen molar-refractivity contribution in [1.29, 1.82) is 0 Å². The molecule has 6 nitrogen and oxygen atoms in total. The summed E-state index contributed by atoms with van der Waals surface area (Å²) in [6.45, 7) is 0. The molecule has 3 aromatic carbocycles. The molecule has 5 aromatic rings. The lowest BCUT2D eigenvalue weighted by Crippen LogP contribution is -2.06. The third-order valence-electron chi connectivity index (χ3n) is 4.87. The number of nitrogens with zero attached hydrogens (tertiary/aromatic N) is 1. The molecule has 30 heavy (non-hydrogen) atoms. The molecule has 0 fully saturated rings. The molecular formula is C24H17NO5. The molecular weight excluding hydrogens is 382 g/mol. The minimum Gasteiger partial charge on any atom is -0.493 e. The Bertz CT molecular complexity index is 1350. The first kappa shape index (κ1) is 18.0. The van der Waals surface area contributed by atoms with E-state index in [1.165, 1.54) is 0 Å². The largest absolute Gasteiger partial charge is 0.493 e. The van der Waals surface area contributed by atoms with Crippen LogP contribution < -0.4 is 9.47 Å². The maximum atomic E-state index is 12.6. The number of para-hydroxylation sites is 1. The lowest BCUT2D eigenvalue weighted by Gasteiger charge is -2.02. The van der Waals surface area contributed by atoms with Gasteiger partial charge in [0, 0.05) is 23.3 Å². The first-order valence-corrected chi connectivity index (χ1v) is 9.42. The minimum atomic E-state index is -0.600. The van der Waals surface area contributed by atoms with Crippen LogP contribution in [0.5, 0.6) is 11.5 Å². The topological polar surface area (TPSA) is 74.7 Å². The number of carbonyl (C=O) groups excluding carboxylic acids is 1. The van der Waals surface area contributed by atoms with Crippen molar-refractivity contribution in [2.24, 2.45) is 0 Å². The molecule has 0 atom stereocenters. The number of hydrogen-bond donors (Lipinski definition) is 0. The molecule has 0 unspecified atom stereocenters. The van der Waals surface area contributed by atoms with Crippen molar-refractivity contribution in [2.75, 3.05) is 7.11 Å². The van der Waals surface area contributed by atoms with Crippen molar-refractivity contribution in [2.45, 2.75) is 6.42 Å². The standard InChI is InChI=1S/C24H17NO5/c1-27-20-9-5-8-16-13-22(29-23(16)20)24(26)28-17-10-11-18-19(25-30-21(18)14-17)12-15-6-3-2-4-7-15/h2-11,13-14H,12H2,1H3. The van der Waals surface area contributed by atoms with E-state index < -0.39 is 5.97 Å². The van der Waals surface area contributed by atoms with Crippen LogP contribution in [0, 0.1) is 0 Å². The Kier molecular flexibility index (Phi) is 4.44. The van der Waals surface area contributed by atoms with E-state index in [0.29, 0.717) is 29.1 Å². The third kappa shape index (κ3) is 3.28. The fourth-order valence-electron chi connectivity index (χ4n) is 3.41. The first-order chi connectivity index (χ1) is 14.7. The van der Waals surface area contributed by atoms with Gasteiger partial charge in [0.15, 0.2) is 16.9 Å². The number of methoxy groups -OCH3 is 1. The molecule has 6 heteroatoms. The van der Waals surface area contributed by atoms with Crippen LogP contribution in [0.2, 0.25) is 0 Å². The summed E-state index contributed by atoms with van der Waals surface area (Å²) in [5.41, 5.74) is 3.03. The Hall–Kier alpha value is -4.06. The van der Waals surface area contributed by atoms with E-state index in [-0.39, 0.29) is 5.76 Å². The van der Waals surface area contributed by atoms with Crippen LogP contribution in [0.25, 0.3) is 21.9 Å². The van der Waals surface area contributed by atoms with Crippen molar-refractivity contribution in [3.63, 3.8) is 0 Å². The number of rotatable bonds is 5. The van der Waals surface area contributed by atoms with Gasteiger partial charge in [-0.2, -0.15) is 0 Å². The zero-order chi connectivity index (χ0) is 20.5. The molecule has 0 spiro atoms. The second kappa shape index (κ2) is 7.40. The van der Waals surface area contributed by atoms with Gasteiger partial charge in [0.25, 0.3) is 0 Å². The molecule has 0 aliphatic carbocycles. The highest BCUT2D eigenvalue weighted by Crippen LogP contribution is 2.30. The van der Waals surface area contributed by atoms with Gasteiger partial charge >= 0.3 is 5.97 Å². The predicted octanol–water partition coefficient (Wildman–Crippen LogP) is 5.39. The van der Waals surface area contributed by atoms with E-state index in [0.717, 1.165) is 22.0 Å². The number of carbonyl (C=O) groups is 1. The minimum absolute atomic E-state index is 0.0944. The summed E-state index contributed by atoms with van der Waals surface area (Å²) in [4.78, 5) is 12.6. The van der Waals surface area contributed by atoms with E-state index in [4.69, 9.17) is 18.4 Å².